The third kappa shape index (κ3) is 1.77. The van der Waals surface area contributed by atoms with Gasteiger partial charge in [-0.3, -0.25) is 14.9 Å². The fourth-order valence-electron chi connectivity index (χ4n) is 2.37. The topological polar surface area (TPSA) is 99.3 Å². The van der Waals surface area contributed by atoms with Gasteiger partial charge in [0.05, 0.1) is 11.5 Å². The maximum Gasteiger partial charge on any atom is 0.335 e. The largest absolute Gasteiger partial charge is 0.478 e. The fraction of sp³-hybridized carbons (Fsp3) is 0.154. The molecule has 1 aromatic carbocycles. The molecule has 1 aliphatic heterocycles. The molecule has 1 atom stereocenters. The highest BCUT2D eigenvalue weighted by Gasteiger charge is 2.33. The summed E-state index contributed by atoms with van der Waals surface area (Å²) in [5.41, 5.74) is 1.53. The molecule has 0 radical (unpaired) electrons. The van der Waals surface area contributed by atoms with Crippen LogP contribution in [0.25, 0.3) is 10.9 Å². The summed E-state index contributed by atoms with van der Waals surface area (Å²) in [6.07, 6.45) is 1.78. The van der Waals surface area contributed by atoms with Crippen LogP contribution in [-0.2, 0) is 9.59 Å². The second-order valence-electron chi connectivity index (χ2n) is 4.48. The summed E-state index contributed by atoms with van der Waals surface area (Å²) < 4.78 is 0. The Morgan fingerprint density at radius 1 is 1.32 bits per heavy atom. The zero-order valence-electron chi connectivity index (χ0n) is 9.77. The molecule has 0 aliphatic carbocycles. The van der Waals surface area contributed by atoms with Crippen molar-refractivity contribution in [2.45, 2.75) is 12.3 Å². The van der Waals surface area contributed by atoms with Crippen molar-refractivity contribution in [3.63, 3.8) is 0 Å². The number of carbonyl (C=O) groups is 3. The van der Waals surface area contributed by atoms with Crippen LogP contribution in [0.1, 0.15) is 28.3 Å². The van der Waals surface area contributed by atoms with Crippen molar-refractivity contribution >= 4 is 28.7 Å². The van der Waals surface area contributed by atoms with Crippen LogP contribution in [0.2, 0.25) is 0 Å². The Morgan fingerprint density at radius 3 is 2.74 bits per heavy atom. The molecule has 1 saturated heterocycles. The number of aromatic amines is 1. The van der Waals surface area contributed by atoms with E-state index in [1.165, 1.54) is 12.1 Å². The first-order valence-corrected chi connectivity index (χ1v) is 5.74. The van der Waals surface area contributed by atoms with E-state index in [2.05, 4.69) is 10.3 Å². The lowest BCUT2D eigenvalue weighted by Crippen LogP contribution is -2.21. The van der Waals surface area contributed by atoms with E-state index in [9.17, 15) is 14.4 Å². The zero-order valence-corrected chi connectivity index (χ0v) is 9.77. The van der Waals surface area contributed by atoms with Crippen LogP contribution in [0.3, 0.4) is 0 Å². The Hall–Kier alpha value is -2.63. The van der Waals surface area contributed by atoms with E-state index >= 15 is 0 Å². The van der Waals surface area contributed by atoms with Gasteiger partial charge in [-0.1, -0.05) is 6.07 Å². The standard InChI is InChI=1S/C13H10N2O4/c16-11-4-8(12(17)15-11)9-5-14-10-3-6(13(18)19)1-2-7(9)10/h1-3,5,8,14H,4H2,(H,18,19)(H,15,16,17)/t8-/m0/s1. The van der Waals surface area contributed by atoms with E-state index in [1.807, 2.05) is 0 Å². The van der Waals surface area contributed by atoms with E-state index in [0.717, 1.165) is 10.9 Å². The monoisotopic (exact) mass is 258 g/mol. The fourth-order valence-corrected chi connectivity index (χ4v) is 2.37. The van der Waals surface area contributed by atoms with Crippen LogP contribution in [0.4, 0.5) is 0 Å². The molecule has 19 heavy (non-hydrogen) atoms. The van der Waals surface area contributed by atoms with E-state index < -0.39 is 11.9 Å². The number of carbonyl (C=O) groups excluding carboxylic acids is 2. The van der Waals surface area contributed by atoms with Crippen LogP contribution >= 0.6 is 0 Å². The van der Waals surface area contributed by atoms with Gasteiger partial charge in [0.1, 0.15) is 0 Å². The molecule has 3 N–H and O–H groups in total. The predicted molar refractivity (Wildman–Crippen MR) is 65.8 cm³/mol. The molecule has 96 valence electrons. The number of hydrogen-bond acceptors (Lipinski definition) is 3. The molecule has 6 nitrogen and oxygen atoms in total. The van der Waals surface area contributed by atoms with Gasteiger partial charge in [-0.25, -0.2) is 4.79 Å². The highest BCUT2D eigenvalue weighted by atomic mass is 16.4. The third-order valence-electron chi connectivity index (χ3n) is 3.30. The molecule has 1 aliphatic rings. The maximum absolute atomic E-state index is 11.7. The smallest absolute Gasteiger partial charge is 0.335 e. The number of nitrogens with one attached hydrogen (secondary N) is 2. The molecule has 3 rings (SSSR count). The Bertz CT molecular complexity index is 717. The van der Waals surface area contributed by atoms with Crippen molar-refractivity contribution in [2.24, 2.45) is 0 Å². The van der Waals surface area contributed by atoms with Crippen LogP contribution in [0.15, 0.2) is 24.4 Å². The Labute approximate surface area is 107 Å². The average Bonchev–Trinajstić information content (AvgIpc) is 2.91. The van der Waals surface area contributed by atoms with E-state index in [-0.39, 0.29) is 23.8 Å². The van der Waals surface area contributed by atoms with Crippen molar-refractivity contribution in [1.82, 2.24) is 10.3 Å². The SMILES string of the molecule is O=C1C[C@@H](c2c[nH]c3cc(C(=O)O)ccc23)C(=O)N1. The van der Waals surface area contributed by atoms with Gasteiger partial charge in [0.2, 0.25) is 11.8 Å². The molecule has 2 amide bonds. The number of carboxylic acids is 1. The number of hydrogen-bond donors (Lipinski definition) is 3. The number of benzene rings is 1. The van der Waals surface area contributed by atoms with Gasteiger partial charge in [-0.2, -0.15) is 0 Å². The van der Waals surface area contributed by atoms with Gasteiger partial charge in [-0.05, 0) is 17.7 Å². The normalized spacial score (nSPS) is 18.8. The molecule has 0 unspecified atom stereocenters. The first-order valence-electron chi connectivity index (χ1n) is 5.74. The van der Waals surface area contributed by atoms with Crippen LogP contribution in [0.5, 0.6) is 0 Å². The molecular weight excluding hydrogens is 248 g/mol. The molecule has 0 bridgehead atoms. The van der Waals surface area contributed by atoms with Crippen LogP contribution < -0.4 is 5.32 Å². The predicted octanol–water partition coefficient (Wildman–Crippen LogP) is 0.996. The van der Waals surface area contributed by atoms with E-state index in [1.54, 1.807) is 12.3 Å². The second-order valence-corrected chi connectivity index (χ2v) is 4.48. The summed E-state index contributed by atoms with van der Waals surface area (Å²) >= 11 is 0. The van der Waals surface area contributed by atoms with Crippen LogP contribution in [-0.4, -0.2) is 27.9 Å². The Kier molecular flexibility index (Phi) is 2.38. The van der Waals surface area contributed by atoms with Gasteiger partial charge in [0.25, 0.3) is 0 Å². The summed E-state index contributed by atoms with van der Waals surface area (Å²) in [5.74, 6) is -2.11. The minimum Gasteiger partial charge on any atom is -0.478 e. The minimum atomic E-state index is -1.01. The molecule has 0 spiro atoms. The van der Waals surface area contributed by atoms with Crippen molar-refractivity contribution in [1.29, 1.82) is 0 Å². The number of aromatic carboxylic acids is 1. The van der Waals surface area contributed by atoms with E-state index in [4.69, 9.17) is 5.11 Å². The molecule has 0 saturated carbocycles. The van der Waals surface area contributed by atoms with Gasteiger partial charge in [-0.15, -0.1) is 0 Å². The number of carboxylic acid groups (broad SMARTS) is 1. The number of rotatable bonds is 2. The number of fused-ring (bicyclic) bond motifs is 1. The van der Waals surface area contributed by atoms with Gasteiger partial charge in [0.15, 0.2) is 0 Å². The van der Waals surface area contributed by atoms with Crippen LogP contribution in [0, 0.1) is 0 Å². The van der Waals surface area contributed by atoms with Gasteiger partial charge >= 0.3 is 5.97 Å². The second kappa shape index (κ2) is 3.94. The number of H-pyrrole nitrogens is 1. The average molecular weight is 258 g/mol. The summed E-state index contributed by atoms with van der Waals surface area (Å²) in [6.45, 7) is 0. The minimum absolute atomic E-state index is 0.131. The lowest BCUT2D eigenvalue weighted by molar-refractivity contribution is -0.125. The number of amides is 2. The molecule has 1 aromatic heterocycles. The quantitative estimate of drug-likeness (QED) is 0.699. The van der Waals surface area contributed by atoms with Gasteiger partial charge < -0.3 is 10.1 Å². The lowest BCUT2D eigenvalue weighted by atomic mass is 9.96. The van der Waals surface area contributed by atoms with Gasteiger partial charge in [0, 0.05) is 23.5 Å². The molecule has 2 aromatic rings. The molecule has 6 heteroatoms. The molecular formula is C13H10N2O4. The summed E-state index contributed by atoms with van der Waals surface area (Å²) in [4.78, 5) is 36.7. The highest BCUT2D eigenvalue weighted by molar-refractivity contribution is 6.08. The van der Waals surface area contributed by atoms with E-state index in [0.29, 0.717) is 5.52 Å². The van der Waals surface area contributed by atoms with Crippen molar-refractivity contribution in [3.05, 3.63) is 35.5 Å². The van der Waals surface area contributed by atoms with Crippen molar-refractivity contribution in [3.8, 4) is 0 Å². The Balaban J connectivity index is 2.09. The zero-order chi connectivity index (χ0) is 13.6. The summed E-state index contributed by atoms with van der Waals surface area (Å²) in [6, 6.07) is 4.65. The summed E-state index contributed by atoms with van der Waals surface area (Å²) in [7, 11) is 0. The number of imide groups is 1. The Morgan fingerprint density at radius 2 is 2.11 bits per heavy atom. The maximum atomic E-state index is 11.7. The third-order valence-corrected chi connectivity index (χ3v) is 3.30. The molecule has 1 fully saturated rings. The van der Waals surface area contributed by atoms with Crippen molar-refractivity contribution < 1.29 is 19.5 Å². The highest BCUT2D eigenvalue weighted by Crippen LogP contribution is 2.31. The number of aromatic nitrogens is 1. The lowest BCUT2D eigenvalue weighted by Gasteiger charge is -2.04. The van der Waals surface area contributed by atoms with Crippen molar-refractivity contribution in [2.75, 3.05) is 0 Å². The first-order chi connectivity index (χ1) is 9.06. The summed E-state index contributed by atoms with van der Waals surface area (Å²) in [5, 5.41) is 11.9. The first kappa shape index (κ1) is 11.5. The molecule has 2 heterocycles.